The van der Waals surface area contributed by atoms with Crippen molar-refractivity contribution in [3.05, 3.63) is 65.2 Å². The zero-order chi connectivity index (χ0) is 15.2. The number of nitrogens with zero attached hydrogens (tertiary/aromatic N) is 2. The minimum atomic E-state index is -0.951. The highest BCUT2D eigenvalue weighted by atomic mass is 19.1. The van der Waals surface area contributed by atoms with Crippen LogP contribution in [0.15, 0.2) is 42.6 Å². The molecule has 0 aliphatic carbocycles. The molecule has 21 heavy (non-hydrogen) atoms. The number of hydrogen-bond donors (Lipinski definition) is 1. The van der Waals surface area contributed by atoms with E-state index in [0.717, 1.165) is 24.2 Å². The molecule has 1 aromatic heterocycles. The second-order valence-corrected chi connectivity index (χ2v) is 4.96. The molecular weight excluding hydrogens is 271 g/mol. The molecule has 0 aliphatic rings. The number of benzene rings is 1. The number of pyridine rings is 1. The summed E-state index contributed by atoms with van der Waals surface area (Å²) in [7, 11) is 1.94. The van der Waals surface area contributed by atoms with Crippen LogP contribution < -0.4 is 0 Å². The third-order valence-electron chi connectivity index (χ3n) is 3.19. The molecule has 110 valence electrons. The Kier molecular flexibility index (Phi) is 5.00. The van der Waals surface area contributed by atoms with Gasteiger partial charge in [0.1, 0.15) is 5.82 Å². The van der Waals surface area contributed by atoms with Crippen molar-refractivity contribution >= 4 is 5.97 Å². The first kappa shape index (κ1) is 15.1. The van der Waals surface area contributed by atoms with Crippen LogP contribution in [0.25, 0.3) is 0 Å². The third-order valence-corrected chi connectivity index (χ3v) is 3.19. The van der Waals surface area contributed by atoms with E-state index in [4.69, 9.17) is 5.11 Å². The molecule has 0 saturated carbocycles. The van der Waals surface area contributed by atoms with Gasteiger partial charge in [-0.15, -0.1) is 0 Å². The van der Waals surface area contributed by atoms with Gasteiger partial charge in [-0.1, -0.05) is 12.1 Å². The average Bonchev–Trinajstić information content (AvgIpc) is 2.47. The van der Waals surface area contributed by atoms with E-state index in [-0.39, 0.29) is 11.4 Å². The zero-order valence-electron chi connectivity index (χ0n) is 11.8. The van der Waals surface area contributed by atoms with Gasteiger partial charge in [-0.25, -0.2) is 9.18 Å². The second-order valence-electron chi connectivity index (χ2n) is 4.96. The van der Waals surface area contributed by atoms with Gasteiger partial charge in [0.25, 0.3) is 0 Å². The normalized spacial score (nSPS) is 10.8. The van der Waals surface area contributed by atoms with E-state index < -0.39 is 5.97 Å². The van der Waals surface area contributed by atoms with Gasteiger partial charge >= 0.3 is 5.97 Å². The molecule has 2 aromatic rings. The number of carbonyl (C=O) groups is 1. The molecule has 1 aromatic carbocycles. The molecule has 0 atom stereocenters. The topological polar surface area (TPSA) is 53.4 Å². The highest BCUT2D eigenvalue weighted by Crippen LogP contribution is 2.07. The fourth-order valence-electron chi connectivity index (χ4n) is 2.02. The molecule has 1 N–H and O–H groups in total. The number of likely N-dealkylation sites (N-methyl/N-ethyl adjacent to an activating group) is 1. The number of aromatic nitrogens is 1. The minimum absolute atomic E-state index is 0.234. The molecule has 0 aliphatic heterocycles. The van der Waals surface area contributed by atoms with Gasteiger partial charge in [0.2, 0.25) is 0 Å². The lowest BCUT2D eigenvalue weighted by Gasteiger charge is -2.16. The number of halogens is 1. The van der Waals surface area contributed by atoms with Gasteiger partial charge in [-0.05, 0) is 43.3 Å². The van der Waals surface area contributed by atoms with Crippen LogP contribution in [0.2, 0.25) is 0 Å². The largest absolute Gasteiger partial charge is 0.478 e. The molecule has 0 saturated heterocycles. The van der Waals surface area contributed by atoms with Crippen LogP contribution in [-0.2, 0) is 13.0 Å². The quantitative estimate of drug-likeness (QED) is 0.887. The summed E-state index contributed by atoms with van der Waals surface area (Å²) in [6, 6.07) is 9.50. The predicted octanol–water partition coefficient (Wildman–Crippen LogP) is 2.59. The molecule has 0 spiro atoms. The highest BCUT2D eigenvalue weighted by Gasteiger charge is 2.07. The van der Waals surface area contributed by atoms with Crippen molar-refractivity contribution < 1.29 is 14.3 Å². The van der Waals surface area contributed by atoms with E-state index in [2.05, 4.69) is 9.88 Å². The molecule has 4 nitrogen and oxygen atoms in total. The Morgan fingerprint density at radius 2 is 2.00 bits per heavy atom. The van der Waals surface area contributed by atoms with Crippen molar-refractivity contribution in [3.63, 3.8) is 0 Å². The molecule has 0 radical (unpaired) electrons. The smallest absolute Gasteiger partial charge is 0.335 e. The van der Waals surface area contributed by atoms with Crippen LogP contribution in [0.3, 0.4) is 0 Å². The lowest BCUT2D eigenvalue weighted by molar-refractivity contribution is 0.0696. The van der Waals surface area contributed by atoms with Crippen molar-refractivity contribution in [2.75, 3.05) is 13.6 Å². The van der Waals surface area contributed by atoms with E-state index in [0.29, 0.717) is 6.54 Å². The summed E-state index contributed by atoms with van der Waals surface area (Å²) < 4.78 is 12.8. The summed E-state index contributed by atoms with van der Waals surface area (Å²) in [5.41, 5.74) is 2.03. The lowest BCUT2D eigenvalue weighted by atomic mass is 10.1. The van der Waals surface area contributed by atoms with Gasteiger partial charge in [-0.2, -0.15) is 0 Å². The Hall–Kier alpha value is -2.27. The maximum Gasteiger partial charge on any atom is 0.335 e. The van der Waals surface area contributed by atoms with Crippen LogP contribution >= 0.6 is 0 Å². The molecular formula is C16H17FN2O2. The van der Waals surface area contributed by atoms with Crippen LogP contribution in [0.1, 0.15) is 21.6 Å². The zero-order valence-corrected chi connectivity index (χ0v) is 11.8. The van der Waals surface area contributed by atoms with E-state index in [1.165, 1.54) is 24.4 Å². The van der Waals surface area contributed by atoms with Crippen molar-refractivity contribution in [2.45, 2.75) is 13.0 Å². The summed E-state index contributed by atoms with van der Waals surface area (Å²) in [5, 5.41) is 8.95. The number of carboxylic acid groups (broad SMARTS) is 1. The number of hydrogen-bond acceptors (Lipinski definition) is 3. The molecule has 1 heterocycles. The Morgan fingerprint density at radius 1 is 1.29 bits per heavy atom. The Bertz CT molecular complexity index is 614. The van der Waals surface area contributed by atoms with Crippen molar-refractivity contribution in [3.8, 4) is 0 Å². The van der Waals surface area contributed by atoms with Crippen LogP contribution in [0, 0.1) is 5.82 Å². The number of rotatable bonds is 6. The lowest BCUT2D eigenvalue weighted by Crippen LogP contribution is -2.21. The number of aromatic carboxylic acids is 1. The molecule has 0 bridgehead atoms. The molecule has 2 rings (SSSR count). The van der Waals surface area contributed by atoms with Crippen molar-refractivity contribution in [1.82, 2.24) is 9.88 Å². The van der Waals surface area contributed by atoms with Gasteiger partial charge in [0.15, 0.2) is 0 Å². The highest BCUT2D eigenvalue weighted by molar-refractivity contribution is 5.87. The first-order chi connectivity index (χ1) is 10.0. The van der Waals surface area contributed by atoms with Crippen LogP contribution in [-0.4, -0.2) is 34.6 Å². The SMILES string of the molecule is CN(CCc1ccc(F)cc1)Cc1cc(C(=O)O)ccn1. The maximum atomic E-state index is 12.8. The Morgan fingerprint density at radius 3 is 2.67 bits per heavy atom. The van der Waals surface area contributed by atoms with E-state index in [1.807, 2.05) is 7.05 Å². The van der Waals surface area contributed by atoms with E-state index in [9.17, 15) is 9.18 Å². The summed E-state index contributed by atoms with van der Waals surface area (Å²) >= 11 is 0. The fraction of sp³-hybridized carbons (Fsp3) is 0.250. The summed E-state index contributed by atoms with van der Waals surface area (Å²) in [6.45, 7) is 1.35. The van der Waals surface area contributed by atoms with Gasteiger partial charge in [0, 0.05) is 19.3 Å². The van der Waals surface area contributed by atoms with Gasteiger partial charge < -0.3 is 10.0 Å². The predicted molar refractivity (Wildman–Crippen MR) is 77.6 cm³/mol. The van der Waals surface area contributed by atoms with Gasteiger partial charge in [-0.3, -0.25) is 4.98 Å². The fourth-order valence-corrected chi connectivity index (χ4v) is 2.02. The minimum Gasteiger partial charge on any atom is -0.478 e. The molecule has 0 amide bonds. The summed E-state index contributed by atoms with van der Waals surface area (Å²) in [5.74, 6) is -1.19. The molecule has 5 heteroatoms. The summed E-state index contributed by atoms with van der Waals surface area (Å²) in [6.07, 6.45) is 2.31. The van der Waals surface area contributed by atoms with E-state index >= 15 is 0 Å². The second kappa shape index (κ2) is 6.95. The third kappa shape index (κ3) is 4.65. The van der Waals surface area contributed by atoms with Crippen molar-refractivity contribution in [2.24, 2.45) is 0 Å². The first-order valence-electron chi connectivity index (χ1n) is 6.66. The standard InChI is InChI=1S/C16H17FN2O2/c1-19(9-7-12-2-4-14(17)5-3-12)11-15-10-13(16(20)21)6-8-18-15/h2-6,8,10H,7,9,11H2,1H3,(H,20,21). The first-order valence-corrected chi connectivity index (χ1v) is 6.66. The Labute approximate surface area is 122 Å². The monoisotopic (exact) mass is 288 g/mol. The van der Waals surface area contributed by atoms with Crippen molar-refractivity contribution in [1.29, 1.82) is 0 Å². The number of carboxylic acids is 1. The summed E-state index contributed by atoms with van der Waals surface area (Å²) in [4.78, 5) is 17.1. The van der Waals surface area contributed by atoms with Crippen LogP contribution in [0.5, 0.6) is 0 Å². The molecule has 0 fully saturated rings. The van der Waals surface area contributed by atoms with E-state index in [1.54, 1.807) is 18.2 Å². The van der Waals surface area contributed by atoms with Crippen LogP contribution in [0.4, 0.5) is 4.39 Å². The van der Waals surface area contributed by atoms with Gasteiger partial charge in [0.05, 0.1) is 11.3 Å². The molecule has 0 unspecified atom stereocenters. The Balaban J connectivity index is 1.89. The maximum absolute atomic E-state index is 12.8. The average molecular weight is 288 g/mol.